The van der Waals surface area contributed by atoms with Crippen molar-refractivity contribution in [1.82, 2.24) is 5.32 Å². The maximum atomic E-state index is 12.1. The predicted octanol–water partition coefficient (Wildman–Crippen LogP) is 1.48. The molecule has 1 atom stereocenters. The standard InChI is InChI=1S/C13H15N3O2S/c1-7(6-10(14)17)16-13(18)12-11(15)8-4-2-3-5-9(8)19-12/h2-5,7H,6,15H2,1H3,(H2,14,17)(H,16,18). The van der Waals surface area contributed by atoms with Crippen LogP contribution in [-0.4, -0.2) is 17.9 Å². The quantitative estimate of drug-likeness (QED) is 0.789. The second kappa shape index (κ2) is 5.27. The predicted molar refractivity (Wildman–Crippen MR) is 77.0 cm³/mol. The summed E-state index contributed by atoms with van der Waals surface area (Å²) in [5, 5.41) is 3.60. The topological polar surface area (TPSA) is 98.2 Å². The van der Waals surface area contributed by atoms with Gasteiger partial charge in [-0.15, -0.1) is 11.3 Å². The molecule has 2 amide bonds. The minimum atomic E-state index is -0.447. The number of hydrogen-bond acceptors (Lipinski definition) is 4. The van der Waals surface area contributed by atoms with Gasteiger partial charge < -0.3 is 16.8 Å². The number of hydrogen-bond donors (Lipinski definition) is 3. The molecule has 0 saturated carbocycles. The molecule has 0 fully saturated rings. The zero-order chi connectivity index (χ0) is 14.0. The Morgan fingerprint density at radius 1 is 1.37 bits per heavy atom. The molecule has 2 aromatic rings. The smallest absolute Gasteiger partial charge is 0.263 e. The molecule has 1 unspecified atom stereocenters. The second-order valence-electron chi connectivity index (χ2n) is 4.39. The van der Waals surface area contributed by atoms with Crippen LogP contribution in [0, 0.1) is 0 Å². The summed E-state index contributed by atoms with van der Waals surface area (Å²) in [6.45, 7) is 1.73. The van der Waals surface area contributed by atoms with Crippen molar-refractivity contribution in [2.45, 2.75) is 19.4 Å². The van der Waals surface area contributed by atoms with Gasteiger partial charge in [0, 0.05) is 22.5 Å². The number of benzene rings is 1. The van der Waals surface area contributed by atoms with Crippen LogP contribution in [0.15, 0.2) is 24.3 Å². The molecule has 5 N–H and O–H groups in total. The van der Waals surface area contributed by atoms with Gasteiger partial charge in [-0.25, -0.2) is 0 Å². The van der Waals surface area contributed by atoms with Gasteiger partial charge in [0.15, 0.2) is 0 Å². The van der Waals surface area contributed by atoms with Crippen molar-refractivity contribution >= 4 is 38.9 Å². The number of amides is 2. The van der Waals surface area contributed by atoms with Gasteiger partial charge in [0.05, 0.1) is 5.69 Å². The fourth-order valence-electron chi connectivity index (χ4n) is 1.88. The molecule has 5 nitrogen and oxygen atoms in total. The summed E-state index contributed by atoms with van der Waals surface area (Å²) in [7, 11) is 0. The molecule has 2 rings (SSSR count). The molecule has 0 saturated heterocycles. The van der Waals surface area contributed by atoms with Crippen LogP contribution in [0.3, 0.4) is 0 Å². The van der Waals surface area contributed by atoms with Crippen molar-refractivity contribution in [3.63, 3.8) is 0 Å². The first kappa shape index (κ1) is 13.4. The number of primary amides is 1. The number of nitrogens with one attached hydrogen (secondary N) is 1. The van der Waals surface area contributed by atoms with Crippen LogP contribution in [0.4, 0.5) is 5.69 Å². The number of carbonyl (C=O) groups is 2. The summed E-state index contributed by atoms with van der Waals surface area (Å²) >= 11 is 1.34. The summed E-state index contributed by atoms with van der Waals surface area (Å²) in [6.07, 6.45) is 0.108. The molecule has 19 heavy (non-hydrogen) atoms. The molecule has 0 aliphatic heterocycles. The van der Waals surface area contributed by atoms with E-state index in [-0.39, 0.29) is 18.4 Å². The van der Waals surface area contributed by atoms with Crippen LogP contribution < -0.4 is 16.8 Å². The van der Waals surface area contributed by atoms with Gasteiger partial charge in [0.25, 0.3) is 5.91 Å². The molecule has 0 bridgehead atoms. The molecule has 0 spiro atoms. The van der Waals surface area contributed by atoms with Crippen LogP contribution >= 0.6 is 11.3 Å². The van der Waals surface area contributed by atoms with E-state index in [0.29, 0.717) is 10.6 Å². The van der Waals surface area contributed by atoms with Gasteiger partial charge >= 0.3 is 0 Å². The first-order valence-electron chi connectivity index (χ1n) is 5.85. The van der Waals surface area contributed by atoms with E-state index in [2.05, 4.69) is 5.32 Å². The van der Waals surface area contributed by atoms with Crippen molar-refractivity contribution in [3.05, 3.63) is 29.1 Å². The lowest BCUT2D eigenvalue weighted by atomic mass is 10.2. The van der Waals surface area contributed by atoms with Gasteiger partial charge in [-0.1, -0.05) is 18.2 Å². The SMILES string of the molecule is CC(CC(N)=O)NC(=O)c1sc2ccccc2c1N. The monoisotopic (exact) mass is 277 g/mol. The first-order chi connectivity index (χ1) is 8.99. The maximum absolute atomic E-state index is 12.1. The van der Waals surface area contributed by atoms with Crippen LogP contribution in [0.2, 0.25) is 0 Å². The summed E-state index contributed by atoms with van der Waals surface area (Å²) in [5.74, 6) is -0.718. The zero-order valence-corrected chi connectivity index (χ0v) is 11.3. The molecule has 0 aliphatic carbocycles. The molecule has 1 heterocycles. The van der Waals surface area contributed by atoms with E-state index in [1.165, 1.54) is 11.3 Å². The largest absolute Gasteiger partial charge is 0.397 e. The van der Waals surface area contributed by atoms with Crippen LogP contribution in [0.5, 0.6) is 0 Å². The Kier molecular flexibility index (Phi) is 3.71. The number of carbonyl (C=O) groups excluding carboxylic acids is 2. The molecule has 100 valence electrons. The highest BCUT2D eigenvalue weighted by Crippen LogP contribution is 2.33. The Hall–Kier alpha value is -2.08. The van der Waals surface area contributed by atoms with E-state index in [0.717, 1.165) is 10.1 Å². The van der Waals surface area contributed by atoms with Crippen molar-refractivity contribution in [2.24, 2.45) is 5.73 Å². The fourth-order valence-corrected chi connectivity index (χ4v) is 2.90. The third-order valence-corrected chi connectivity index (χ3v) is 3.91. The van der Waals surface area contributed by atoms with E-state index in [4.69, 9.17) is 11.5 Å². The number of nitrogen functional groups attached to an aromatic ring is 1. The average molecular weight is 277 g/mol. The Balaban J connectivity index is 2.22. The summed E-state index contributed by atoms with van der Waals surface area (Å²) in [6, 6.07) is 7.26. The van der Waals surface area contributed by atoms with E-state index in [1.54, 1.807) is 6.92 Å². The summed E-state index contributed by atoms with van der Waals surface area (Å²) < 4.78 is 0.965. The molecule has 0 radical (unpaired) electrons. The second-order valence-corrected chi connectivity index (χ2v) is 5.44. The van der Waals surface area contributed by atoms with Gasteiger partial charge in [-0.3, -0.25) is 9.59 Å². The third-order valence-electron chi connectivity index (χ3n) is 2.72. The lowest BCUT2D eigenvalue weighted by Crippen LogP contribution is -2.35. The normalized spacial score (nSPS) is 12.3. The van der Waals surface area contributed by atoms with Crippen molar-refractivity contribution < 1.29 is 9.59 Å². The molecule has 1 aromatic carbocycles. The van der Waals surface area contributed by atoms with Crippen LogP contribution in [-0.2, 0) is 4.79 Å². The van der Waals surface area contributed by atoms with E-state index >= 15 is 0 Å². The Labute approximate surface area is 114 Å². The Morgan fingerprint density at radius 2 is 2.05 bits per heavy atom. The minimum absolute atomic E-state index is 0.108. The Bertz CT molecular complexity index is 636. The number of nitrogens with two attached hydrogens (primary N) is 2. The number of fused-ring (bicyclic) bond motifs is 1. The number of anilines is 1. The zero-order valence-electron chi connectivity index (χ0n) is 10.5. The lowest BCUT2D eigenvalue weighted by Gasteiger charge is -2.11. The van der Waals surface area contributed by atoms with Gasteiger partial charge in [0.2, 0.25) is 5.91 Å². The first-order valence-corrected chi connectivity index (χ1v) is 6.67. The molecule has 6 heteroatoms. The average Bonchev–Trinajstić information content (AvgIpc) is 2.66. The highest BCUT2D eigenvalue weighted by Gasteiger charge is 2.18. The summed E-state index contributed by atoms with van der Waals surface area (Å²) in [4.78, 5) is 23.3. The van der Waals surface area contributed by atoms with Crippen molar-refractivity contribution in [1.29, 1.82) is 0 Å². The van der Waals surface area contributed by atoms with Gasteiger partial charge in [-0.05, 0) is 13.0 Å². The fraction of sp³-hybridized carbons (Fsp3) is 0.231. The van der Waals surface area contributed by atoms with Gasteiger partial charge in [0.1, 0.15) is 4.88 Å². The molecule has 1 aromatic heterocycles. The third kappa shape index (κ3) is 2.85. The van der Waals surface area contributed by atoms with Crippen molar-refractivity contribution in [2.75, 3.05) is 5.73 Å². The molecular weight excluding hydrogens is 262 g/mol. The highest BCUT2D eigenvalue weighted by atomic mass is 32.1. The van der Waals surface area contributed by atoms with E-state index in [1.807, 2.05) is 24.3 Å². The van der Waals surface area contributed by atoms with E-state index < -0.39 is 5.91 Å². The van der Waals surface area contributed by atoms with Crippen molar-refractivity contribution in [3.8, 4) is 0 Å². The van der Waals surface area contributed by atoms with Crippen LogP contribution in [0.1, 0.15) is 23.0 Å². The van der Waals surface area contributed by atoms with Crippen LogP contribution in [0.25, 0.3) is 10.1 Å². The Morgan fingerprint density at radius 3 is 2.68 bits per heavy atom. The summed E-state index contributed by atoms with van der Waals surface area (Å²) in [5.41, 5.74) is 11.5. The maximum Gasteiger partial charge on any atom is 0.263 e. The number of thiophene rings is 1. The van der Waals surface area contributed by atoms with Gasteiger partial charge in [-0.2, -0.15) is 0 Å². The highest BCUT2D eigenvalue weighted by molar-refractivity contribution is 7.21. The number of rotatable bonds is 4. The lowest BCUT2D eigenvalue weighted by molar-refractivity contribution is -0.118. The molecular formula is C13H15N3O2S. The van der Waals surface area contributed by atoms with E-state index in [9.17, 15) is 9.59 Å². The molecule has 0 aliphatic rings. The minimum Gasteiger partial charge on any atom is -0.397 e.